The molecule has 1 fully saturated rings. The first kappa shape index (κ1) is 15.2. The van der Waals surface area contributed by atoms with E-state index in [9.17, 15) is 26.4 Å². The van der Waals surface area contributed by atoms with Gasteiger partial charge in [0.25, 0.3) is 0 Å². The first-order chi connectivity index (χ1) is 8.14. The van der Waals surface area contributed by atoms with Crippen LogP contribution in [0, 0.1) is 0 Å². The molecule has 0 spiro atoms. The topological polar surface area (TPSA) is 77.9 Å². The number of aliphatic carboxylic acids is 1. The number of carboxylic acid groups (broad SMARTS) is 1. The fraction of sp³-hybridized carbons (Fsp3) is 0.875. The van der Waals surface area contributed by atoms with Crippen LogP contribution in [0.4, 0.5) is 13.2 Å². The van der Waals surface area contributed by atoms with Crippen molar-refractivity contribution in [1.82, 2.24) is 9.21 Å². The molecule has 0 atom stereocenters. The Morgan fingerprint density at radius 3 is 2.06 bits per heavy atom. The lowest BCUT2D eigenvalue weighted by Crippen LogP contribution is -2.52. The number of sulfonamides is 1. The Morgan fingerprint density at radius 1 is 1.17 bits per heavy atom. The quantitative estimate of drug-likeness (QED) is 0.784. The number of alkyl halides is 3. The molecule has 18 heavy (non-hydrogen) atoms. The summed E-state index contributed by atoms with van der Waals surface area (Å²) in [5.74, 6) is -1.000. The molecule has 106 valence electrons. The third-order valence-electron chi connectivity index (χ3n) is 2.61. The van der Waals surface area contributed by atoms with Gasteiger partial charge in [-0.15, -0.1) is 0 Å². The molecule has 1 saturated heterocycles. The second-order valence-corrected chi connectivity index (χ2v) is 5.76. The summed E-state index contributed by atoms with van der Waals surface area (Å²) in [4.78, 5) is 11.9. The van der Waals surface area contributed by atoms with Crippen molar-refractivity contribution >= 4 is 16.0 Å². The molecule has 6 nitrogen and oxygen atoms in total. The molecule has 1 aliphatic rings. The molecule has 0 bridgehead atoms. The Hall–Kier alpha value is -0.870. The monoisotopic (exact) mass is 290 g/mol. The minimum Gasteiger partial charge on any atom is -0.481 e. The zero-order valence-electron chi connectivity index (χ0n) is 9.35. The molecule has 0 radical (unpaired) electrons. The van der Waals surface area contributed by atoms with Gasteiger partial charge in [0.05, 0.1) is 6.42 Å². The molecule has 1 aliphatic heterocycles. The van der Waals surface area contributed by atoms with E-state index in [1.54, 1.807) is 4.90 Å². The predicted octanol–water partition coefficient (Wildman–Crippen LogP) is -0.0717. The van der Waals surface area contributed by atoms with Gasteiger partial charge in [-0.3, -0.25) is 4.79 Å². The molecule has 1 heterocycles. The third-order valence-corrected chi connectivity index (χ3v) is 4.24. The third kappa shape index (κ3) is 3.56. The summed E-state index contributed by atoms with van der Waals surface area (Å²) in [7, 11) is -5.26. The summed E-state index contributed by atoms with van der Waals surface area (Å²) in [5.41, 5.74) is -5.28. The molecule has 0 saturated carbocycles. The first-order valence-corrected chi connectivity index (χ1v) is 6.59. The van der Waals surface area contributed by atoms with E-state index in [0.29, 0.717) is 4.31 Å². The van der Waals surface area contributed by atoms with Crippen LogP contribution in [0.15, 0.2) is 0 Å². The van der Waals surface area contributed by atoms with Gasteiger partial charge in [-0.05, 0) is 0 Å². The van der Waals surface area contributed by atoms with Crippen LogP contribution in [-0.2, 0) is 14.8 Å². The van der Waals surface area contributed by atoms with Gasteiger partial charge in [0.2, 0.25) is 0 Å². The fourth-order valence-corrected chi connectivity index (χ4v) is 2.53. The Morgan fingerprint density at radius 2 is 1.67 bits per heavy atom. The van der Waals surface area contributed by atoms with Crippen molar-refractivity contribution < 1.29 is 31.5 Å². The second kappa shape index (κ2) is 5.41. The van der Waals surface area contributed by atoms with E-state index in [2.05, 4.69) is 0 Å². The highest BCUT2D eigenvalue weighted by Gasteiger charge is 2.50. The number of carboxylic acids is 1. The van der Waals surface area contributed by atoms with Crippen LogP contribution >= 0.6 is 0 Å². The van der Waals surface area contributed by atoms with Gasteiger partial charge in [-0.1, -0.05) is 0 Å². The van der Waals surface area contributed by atoms with Crippen molar-refractivity contribution in [3.63, 3.8) is 0 Å². The van der Waals surface area contributed by atoms with E-state index < -0.39 is 21.5 Å². The van der Waals surface area contributed by atoms with E-state index in [4.69, 9.17) is 5.11 Å². The van der Waals surface area contributed by atoms with Crippen molar-refractivity contribution in [3.8, 4) is 0 Å². The Labute approximate surface area is 102 Å². The zero-order valence-corrected chi connectivity index (χ0v) is 10.2. The molecular formula is C8H13F3N2O4S. The van der Waals surface area contributed by atoms with E-state index in [1.165, 1.54) is 0 Å². The van der Waals surface area contributed by atoms with Crippen molar-refractivity contribution in [2.24, 2.45) is 0 Å². The number of hydrogen-bond donors (Lipinski definition) is 1. The van der Waals surface area contributed by atoms with E-state index in [-0.39, 0.29) is 39.1 Å². The molecular weight excluding hydrogens is 277 g/mol. The van der Waals surface area contributed by atoms with E-state index in [1.807, 2.05) is 0 Å². The molecule has 0 amide bonds. The van der Waals surface area contributed by atoms with Crippen molar-refractivity contribution in [2.75, 3.05) is 32.7 Å². The fourth-order valence-electron chi connectivity index (χ4n) is 1.59. The number of piperazine rings is 1. The van der Waals surface area contributed by atoms with Crippen molar-refractivity contribution in [2.45, 2.75) is 11.9 Å². The molecule has 0 aliphatic carbocycles. The van der Waals surface area contributed by atoms with Gasteiger partial charge >= 0.3 is 21.5 Å². The Kier molecular flexibility index (Phi) is 4.56. The largest absolute Gasteiger partial charge is 0.511 e. The maximum absolute atomic E-state index is 12.2. The maximum atomic E-state index is 12.2. The van der Waals surface area contributed by atoms with Gasteiger partial charge in [-0.2, -0.15) is 17.5 Å². The van der Waals surface area contributed by atoms with Crippen LogP contribution in [0.5, 0.6) is 0 Å². The van der Waals surface area contributed by atoms with Crippen molar-refractivity contribution in [1.29, 1.82) is 0 Å². The normalized spacial score (nSPS) is 19.9. The minimum atomic E-state index is -5.28. The zero-order chi connectivity index (χ0) is 14.0. The van der Waals surface area contributed by atoms with E-state index in [0.717, 1.165) is 0 Å². The van der Waals surface area contributed by atoms with E-state index >= 15 is 0 Å². The summed E-state index contributed by atoms with van der Waals surface area (Å²) in [6.07, 6.45) is -0.119. The Balaban J connectivity index is 2.52. The molecule has 1 rings (SSSR count). The molecule has 0 aromatic carbocycles. The molecule has 0 unspecified atom stereocenters. The summed E-state index contributed by atoms with van der Waals surface area (Å²) in [6, 6.07) is 0. The lowest BCUT2D eigenvalue weighted by molar-refractivity contribution is -0.137. The van der Waals surface area contributed by atoms with Gasteiger partial charge in [0.1, 0.15) is 0 Å². The highest BCUT2D eigenvalue weighted by Crippen LogP contribution is 2.27. The average molecular weight is 290 g/mol. The van der Waals surface area contributed by atoms with Gasteiger partial charge < -0.3 is 10.0 Å². The number of carbonyl (C=O) groups is 1. The van der Waals surface area contributed by atoms with Gasteiger partial charge in [0, 0.05) is 32.7 Å². The summed E-state index contributed by atoms with van der Waals surface area (Å²) < 4.78 is 59.3. The lowest BCUT2D eigenvalue weighted by atomic mass is 10.3. The van der Waals surface area contributed by atoms with Gasteiger partial charge in [0.15, 0.2) is 0 Å². The predicted molar refractivity (Wildman–Crippen MR) is 55.2 cm³/mol. The van der Waals surface area contributed by atoms with Crippen LogP contribution in [0.25, 0.3) is 0 Å². The Bertz CT molecular complexity index is 401. The number of hydrogen-bond acceptors (Lipinski definition) is 4. The summed E-state index contributed by atoms with van der Waals surface area (Å²) >= 11 is 0. The van der Waals surface area contributed by atoms with Crippen molar-refractivity contribution in [3.05, 3.63) is 0 Å². The molecule has 0 aromatic rings. The highest BCUT2D eigenvalue weighted by molar-refractivity contribution is 7.90. The standard InChI is InChI=1S/C8H13F3N2O4S/c9-8(10,11)18(16,17)13-5-3-12(4-6-13)2-1-7(14)15/h1-6H2,(H,14,15). The van der Waals surface area contributed by atoms with Crippen LogP contribution in [-0.4, -0.2) is 66.9 Å². The average Bonchev–Trinajstić information content (AvgIpc) is 2.25. The minimum absolute atomic E-state index is 0.0998. The molecule has 0 aromatic heterocycles. The van der Waals surface area contributed by atoms with Crippen LogP contribution < -0.4 is 0 Å². The number of halogens is 3. The first-order valence-electron chi connectivity index (χ1n) is 5.15. The smallest absolute Gasteiger partial charge is 0.481 e. The maximum Gasteiger partial charge on any atom is 0.511 e. The van der Waals surface area contributed by atoms with Crippen LogP contribution in [0.3, 0.4) is 0 Å². The summed E-state index contributed by atoms with van der Waals surface area (Å²) in [5, 5.41) is 8.45. The summed E-state index contributed by atoms with van der Waals surface area (Å²) in [6.45, 7) is -0.149. The number of nitrogens with zero attached hydrogens (tertiary/aromatic N) is 2. The van der Waals surface area contributed by atoms with Crippen LogP contribution in [0.1, 0.15) is 6.42 Å². The SMILES string of the molecule is O=C(O)CCN1CCN(S(=O)(=O)C(F)(F)F)CC1. The van der Waals surface area contributed by atoms with Gasteiger partial charge in [-0.25, -0.2) is 8.42 Å². The highest BCUT2D eigenvalue weighted by atomic mass is 32.2. The molecule has 10 heteroatoms. The van der Waals surface area contributed by atoms with Crippen LogP contribution in [0.2, 0.25) is 0 Å². The molecule has 1 N–H and O–H groups in total. The number of rotatable bonds is 4. The lowest BCUT2D eigenvalue weighted by Gasteiger charge is -2.33. The second-order valence-electron chi connectivity index (χ2n) is 3.84.